The second kappa shape index (κ2) is 5.30. The highest BCUT2D eigenvalue weighted by Gasteiger charge is 2.17. The van der Waals surface area contributed by atoms with Crippen LogP contribution in [-0.4, -0.2) is 24.2 Å². The van der Waals surface area contributed by atoms with E-state index in [1.165, 1.54) is 6.42 Å². The van der Waals surface area contributed by atoms with Gasteiger partial charge in [0.05, 0.1) is 6.61 Å². The van der Waals surface area contributed by atoms with Crippen LogP contribution in [0, 0.1) is 0 Å². The third kappa shape index (κ3) is 2.95. The summed E-state index contributed by atoms with van der Waals surface area (Å²) in [6, 6.07) is 6.62. The van der Waals surface area contributed by atoms with Gasteiger partial charge in [-0.2, -0.15) is 0 Å². The minimum atomic E-state index is 0.422. The summed E-state index contributed by atoms with van der Waals surface area (Å²) in [5.74, 6) is 1.45. The second-order valence-corrected chi connectivity index (χ2v) is 4.66. The van der Waals surface area contributed by atoms with Gasteiger partial charge in [0, 0.05) is 24.3 Å². The fourth-order valence-electron chi connectivity index (χ4n) is 2.03. The molecule has 1 atom stereocenters. The number of nitrogens with zero attached hydrogens (tertiary/aromatic N) is 1. The molecular formula is C13H20N2O. The third-order valence-corrected chi connectivity index (χ3v) is 2.79. The Kier molecular flexibility index (Phi) is 3.78. The van der Waals surface area contributed by atoms with E-state index in [-0.39, 0.29) is 0 Å². The number of hydrogen-bond acceptors (Lipinski definition) is 3. The van der Waals surface area contributed by atoms with Crippen molar-refractivity contribution in [3.8, 4) is 0 Å². The molecule has 0 unspecified atom stereocenters. The van der Waals surface area contributed by atoms with Crippen LogP contribution in [0.3, 0.4) is 0 Å². The molecule has 2 heterocycles. The van der Waals surface area contributed by atoms with Crippen LogP contribution in [0.5, 0.6) is 0 Å². The molecule has 88 valence electrons. The van der Waals surface area contributed by atoms with Gasteiger partial charge >= 0.3 is 0 Å². The Labute approximate surface area is 97.2 Å². The minimum absolute atomic E-state index is 0.422. The van der Waals surface area contributed by atoms with Gasteiger partial charge in [-0.05, 0) is 38.8 Å². The Hall–Kier alpha value is -1.09. The molecule has 1 aliphatic rings. The molecule has 0 spiro atoms. The van der Waals surface area contributed by atoms with Crippen molar-refractivity contribution in [3.63, 3.8) is 0 Å². The van der Waals surface area contributed by atoms with Crippen LogP contribution in [0.25, 0.3) is 0 Å². The maximum Gasteiger partial charge on any atom is 0.126 e. The Bertz CT molecular complexity index is 332. The number of pyridine rings is 1. The minimum Gasteiger partial charge on any atom is -0.381 e. The number of anilines is 1. The molecule has 3 heteroatoms. The van der Waals surface area contributed by atoms with Gasteiger partial charge in [-0.25, -0.2) is 4.98 Å². The Morgan fingerprint density at radius 3 is 3.00 bits per heavy atom. The summed E-state index contributed by atoms with van der Waals surface area (Å²) in [4.78, 5) is 4.65. The molecule has 0 aromatic carbocycles. The topological polar surface area (TPSA) is 34.1 Å². The molecule has 1 fully saturated rings. The van der Waals surface area contributed by atoms with E-state index in [0.29, 0.717) is 12.0 Å². The molecule has 3 nitrogen and oxygen atoms in total. The maximum atomic E-state index is 5.50. The van der Waals surface area contributed by atoms with E-state index in [0.717, 1.165) is 31.1 Å². The van der Waals surface area contributed by atoms with Gasteiger partial charge in [-0.15, -0.1) is 0 Å². The van der Waals surface area contributed by atoms with E-state index < -0.39 is 0 Å². The first-order chi connectivity index (χ1) is 7.75. The van der Waals surface area contributed by atoms with Gasteiger partial charge in [0.15, 0.2) is 0 Å². The quantitative estimate of drug-likeness (QED) is 0.850. The molecule has 2 rings (SSSR count). The zero-order chi connectivity index (χ0) is 11.4. The summed E-state index contributed by atoms with van der Waals surface area (Å²) in [7, 11) is 0. The second-order valence-electron chi connectivity index (χ2n) is 4.66. The van der Waals surface area contributed by atoms with E-state index in [9.17, 15) is 0 Å². The molecule has 1 aliphatic heterocycles. The SMILES string of the molecule is CC(C)Nc1cccc([C@@H]2CCCOC2)n1. The van der Waals surface area contributed by atoms with Crippen LogP contribution in [-0.2, 0) is 4.74 Å². The average molecular weight is 220 g/mol. The molecule has 0 saturated carbocycles. The predicted molar refractivity (Wildman–Crippen MR) is 65.8 cm³/mol. The van der Waals surface area contributed by atoms with Crippen molar-refractivity contribution in [1.82, 2.24) is 4.98 Å². The van der Waals surface area contributed by atoms with Gasteiger partial charge < -0.3 is 10.1 Å². The van der Waals surface area contributed by atoms with Crippen LogP contribution < -0.4 is 5.32 Å². The van der Waals surface area contributed by atoms with Crippen molar-refractivity contribution in [2.24, 2.45) is 0 Å². The van der Waals surface area contributed by atoms with Gasteiger partial charge in [-0.1, -0.05) is 6.07 Å². The third-order valence-electron chi connectivity index (χ3n) is 2.79. The first-order valence-corrected chi connectivity index (χ1v) is 6.07. The van der Waals surface area contributed by atoms with E-state index in [1.807, 2.05) is 6.07 Å². The lowest BCUT2D eigenvalue weighted by molar-refractivity contribution is 0.0793. The fraction of sp³-hybridized carbons (Fsp3) is 0.615. The lowest BCUT2D eigenvalue weighted by Crippen LogP contribution is -2.18. The molecular weight excluding hydrogens is 200 g/mol. The normalized spacial score (nSPS) is 21.1. The number of ether oxygens (including phenoxy) is 1. The molecule has 0 aliphatic carbocycles. The first-order valence-electron chi connectivity index (χ1n) is 6.07. The zero-order valence-electron chi connectivity index (χ0n) is 10.1. The molecule has 0 amide bonds. The smallest absolute Gasteiger partial charge is 0.126 e. The molecule has 16 heavy (non-hydrogen) atoms. The van der Waals surface area contributed by atoms with Crippen molar-refractivity contribution in [2.75, 3.05) is 18.5 Å². The molecule has 0 bridgehead atoms. The predicted octanol–water partition coefficient (Wildman–Crippen LogP) is 2.80. The Balaban J connectivity index is 2.08. The highest BCUT2D eigenvalue weighted by Crippen LogP contribution is 2.24. The monoisotopic (exact) mass is 220 g/mol. The van der Waals surface area contributed by atoms with Gasteiger partial charge in [0.2, 0.25) is 0 Å². The van der Waals surface area contributed by atoms with Crippen LogP contribution >= 0.6 is 0 Å². The lowest BCUT2D eigenvalue weighted by atomic mass is 9.98. The summed E-state index contributed by atoms with van der Waals surface area (Å²) >= 11 is 0. The Morgan fingerprint density at radius 2 is 2.31 bits per heavy atom. The standard InChI is InChI=1S/C13H20N2O/c1-10(2)14-13-7-3-6-12(15-13)11-5-4-8-16-9-11/h3,6-7,10-11H,4-5,8-9H2,1-2H3,(H,14,15)/t11-/m1/s1. The van der Waals surface area contributed by atoms with E-state index >= 15 is 0 Å². The summed E-state index contributed by atoms with van der Waals surface area (Å²) in [6.07, 6.45) is 2.34. The van der Waals surface area contributed by atoms with Gasteiger partial charge in [0.1, 0.15) is 5.82 Å². The molecule has 0 radical (unpaired) electrons. The van der Waals surface area contributed by atoms with Crippen LogP contribution in [0.15, 0.2) is 18.2 Å². The maximum absolute atomic E-state index is 5.50. The highest BCUT2D eigenvalue weighted by molar-refractivity contribution is 5.36. The molecule has 1 aromatic heterocycles. The fourth-order valence-corrected chi connectivity index (χ4v) is 2.03. The number of rotatable bonds is 3. The number of nitrogens with one attached hydrogen (secondary N) is 1. The van der Waals surface area contributed by atoms with E-state index in [2.05, 4.69) is 36.3 Å². The Morgan fingerprint density at radius 1 is 1.44 bits per heavy atom. The molecule has 1 saturated heterocycles. The van der Waals surface area contributed by atoms with Gasteiger partial charge in [-0.3, -0.25) is 0 Å². The lowest BCUT2D eigenvalue weighted by Gasteiger charge is -2.22. The summed E-state index contributed by atoms with van der Waals surface area (Å²) < 4.78 is 5.50. The highest BCUT2D eigenvalue weighted by atomic mass is 16.5. The van der Waals surface area contributed by atoms with E-state index in [1.54, 1.807) is 0 Å². The number of hydrogen-bond donors (Lipinski definition) is 1. The van der Waals surface area contributed by atoms with Gasteiger partial charge in [0.25, 0.3) is 0 Å². The van der Waals surface area contributed by atoms with Crippen molar-refractivity contribution >= 4 is 5.82 Å². The van der Waals surface area contributed by atoms with E-state index in [4.69, 9.17) is 4.74 Å². The molecule has 1 N–H and O–H groups in total. The van der Waals surface area contributed by atoms with Crippen molar-refractivity contribution in [2.45, 2.75) is 38.6 Å². The average Bonchev–Trinajstić information content (AvgIpc) is 2.30. The summed E-state index contributed by atoms with van der Waals surface area (Å²) in [5.41, 5.74) is 1.16. The largest absolute Gasteiger partial charge is 0.381 e. The van der Waals surface area contributed by atoms with Crippen LogP contribution in [0.1, 0.15) is 38.3 Å². The van der Waals surface area contributed by atoms with Crippen LogP contribution in [0.2, 0.25) is 0 Å². The van der Waals surface area contributed by atoms with Crippen molar-refractivity contribution < 1.29 is 4.74 Å². The first kappa shape index (κ1) is 11.4. The van der Waals surface area contributed by atoms with Crippen molar-refractivity contribution in [1.29, 1.82) is 0 Å². The summed E-state index contributed by atoms with van der Waals surface area (Å²) in [5, 5.41) is 3.33. The van der Waals surface area contributed by atoms with Crippen LogP contribution in [0.4, 0.5) is 5.82 Å². The van der Waals surface area contributed by atoms with Crippen molar-refractivity contribution in [3.05, 3.63) is 23.9 Å². The summed E-state index contributed by atoms with van der Waals surface area (Å²) in [6.45, 7) is 5.97. The zero-order valence-corrected chi connectivity index (χ0v) is 10.1. The molecule has 1 aromatic rings. The number of aromatic nitrogens is 1.